The summed E-state index contributed by atoms with van der Waals surface area (Å²) >= 11 is 6.40. The van der Waals surface area contributed by atoms with Gasteiger partial charge in [0.1, 0.15) is 5.60 Å². The smallest absolute Gasteiger partial charge is 0.410 e. The van der Waals surface area contributed by atoms with Gasteiger partial charge in [0.25, 0.3) is 0 Å². The molecule has 1 aromatic carbocycles. The van der Waals surface area contributed by atoms with E-state index < -0.39 is 5.60 Å². The zero-order chi connectivity index (χ0) is 19.4. The molecule has 0 radical (unpaired) electrons. The van der Waals surface area contributed by atoms with Crippen LogP contribution in [0.15, 0.2) is 18.2 Å². The molecule has 0 saturated carbocycles. The van der Waals surface area contributed by atoms with Crippen LogP contribution in [-0.4, -0.2) is 60.8 Å². The fourth-order valence-corrected chi connectivity index (χ4v) is 3.98. The highest BCUT2D eigenvalue weighted by Gasteiger charge is 2.26. The molecule has 0 atom stereocenters. The molecule has 0 aromatic heterocycles. The van der Waals surface area contributed by atoms with Gasteiger partial charge in [-0.3, -0.25) is 4.90 Å². The van der Waals surface area contributed by atoms with Crippen LogP contribution >= 0.6 is 11.6 Å². The van der Waals surface area contributed by atoms with Crippen molar-refractivity contribution >= 4 is 23.4 Å². The lowest BCUT2D eigenvalue weighted by atomic mass is 10.1. The Balaban J connectivity index is 1.56. The number of ether oxygens (including phenoxy) is 1. The predicted octanol–water partition coefficient (Wildman–Crippen LogP) is 4.38. The molecule has 0 N–H and O–H groups in total. The second-order valence-corrected chi connectivity index (χ2v) is 9.05. The Morgan fingerprint density at radius 3 is 2.30 bits per heavy atom. The summed E-state index contributed by atoms with van der Waals surface area (Å²) in [6, 6.07) is 6.42. The third kappa shape index (κ3) is 6.01. The van der Waals surface area contributed by atoms with Crippen LogP contribution in [0.4, 0.5) is 10.5 Å². The van der Waals surface area contributed by atoms with Gasteiger partial charge in [0, 0.05) is 56.5 Å². The van der Waals surface area contributed by atoms with E-state index >= 15 is 0 Å². The van der Waals surface area contributed by atoms with Gasteiger partial charge < -0.3 is 14.5 Å². The van der Waals surface area contributed by atoms with Crippen LogP contribution in [0, 0.1) is 0 Å². The summed E-state index contributed by atoms with van der Waals surface area (Å²) in [6.45, 7) is 11.9. The summed E-state index contributed by atoms with van der Waals surface area (Å²) in [7, 11) is 0. The highest BCUT2D eigenvalue weighted by Crippen LogP contribution is 2.26. The van der Waals surface area contributed by atoms with E-state index in [-0.39, 0.29) is 6.09 Å². The molecule has 3 rings (SSSR count). The Bertz CT molecular complexity index is 645. The number of rotatable bonds is 3. The van der Waals surface area contributed by atoms with Crippen LogP contribution in [-0.2, 0) is 11.3 Å². The summed E-state index contributed by atoms with van der Waals surface area (Å²) in [6.07, 6.45) is 3.63. The molecule has 2 saturated heterocycles. The Morgan fingerprint density at radius 2 is 1.67 bits per heavy atom. The second kappa shape index (κ2) is 8.70. The molecule has 2 heterocycles. The molecule has 2 aliphatic rings. The first-order valence-electron chi connectivity index (χ1n) is 10.0. The van der Waals surface area contributed by atoms with Crippen LogP contribution in [0.3, 0.4) is 0 Å². The summed E-state index contributed by atoms with van der Waals surface area (Å²) in [5.74, 6) is 0. The first kappa shape index (κ1) is 20.3. The van der Waals surface area contributed by atoms with Crippen molar-refractivity contribution in [1.82, 2.24) is 9.80 Å². The lowest BCUT2D eigenvalue weighted by Crippen LogP contribution is -2.49. The van der Waals surface area contributed by atoms with Gasteiger partial charge in [0.2, 0.25) is 0 Å². The van der Waals surface area contributed by atoms with Crippen molar-refractivity contribution in [2.75, 3.05) is 44.2 Å². The number of anilines is 1. The number of halogens is 1. The van der Waals surface area contributed by atoms with Gasteiger partial charge in [-0.2, -0.15) is 0 Å². The number of carbonyl (C=O) groups excluding carboxylic acids is 1. The molecule has 0 bridgehead atoms. The predicted molar refractivity (Wildman–Crippen MR) is 111 cm³/mol. The van der Waals surface area contributed by atoms with Gasteiger partial charge in [-0.15, -0.1) is 0 Å². The summed E-state index contributed by atoms with van der Waals surface area (Å²) in [4.78, 5) is 18.8. The van der Waals surface area contributed by atoms with Crippen molar-refractivity contribution in [2.24, 2.45) is 0 Å². The molecule has 27 heavy (non-hydrogen) atoms. The molecule has 0 unspecified atom stereocenters. The highest BCUT2D eigenvalue weighted by molar-refractivity contribution is 6.30. The van der Waals surface area contributed by atoms with E-state index in [1.807, 2.05) is 20.8 Å². The van der Waals surface area contributed by atoms with E-state index in [0.717, 1.165) is 37.7 Å². The Hall–Kier alpha value is -1.46. The van der Waals surface area contributed by atoms with Crippen LogP contribution in [0.5, 0.6) is 0 Å². The average molecular weight is 394 g/mol. The third-order valence-electron chi connectivity index (χ3n) is 5.09. The minimum atomic E-state index is -0.445. The summed E-state index contributed by atoms with van der Waals surface area (Å²) in [5, 5.41) is 0.806. The van der Waals surface area contributed by atoms with Crippen molar-refractivity contribution in [3.63, 3.8) is 0 Å². The maximum Gasteiger partial charge on any atom is 0.410 e. The normalized spacial score (nSPS) is 19.3. The van der Waals surface area contributed by atoms with Crippen LogP contribution < -0.4 is 4.90 Å². The number of hydrogen-bond donors (Lipinski definition) is 0. The Labute approximate surface area is 168 Å². The molecule has 0 spiro atoms. The van der Waals surface area contributed by atoms with Crippen molar-refractivity contribution in [3.8, 4) is 0 Å². The maximum atomic E-state index is 12.2. The van der Waals surface area contributed by atoms with E-state index in [1.54, 1.807) is 4.90 Å². The van der Waals surface area contributed by atoms with Gasteiger partial charge >= 0.3 is 6.09 Å². The van der Waals surface area contributed by atoms with E-state index in [2.05, 4.69) is 28.0 Å². The number of nitrogens with zero attached hydrogens (tertiary/aromatic N) is 3. The van der Waals surface area contributed by atoms with Crippen molar-refractivity contribution in [2.45, 2.75) is 52.2 Å². The lowest BCUT2D eigenvalue weighted by Gasteiger charge is -2.36. The molecule has 1 amide bonds. The minimum Gasteiger partial charge on any atom is -0.444 e. The van der Waals surface area contributed by atoms with Gasteiger partial charge in [-0.05, 0) is 63.8 Å². The molecule has 5 nitrogen and oxygen atoms in total. The molecular weight excluding hydrogens is 362 g/mol. The van der Waals surface area contributed by atoms with Crippen molar-refractivity contribution < 1.29 is 9.53 Å². The largest absolute Gasteiger partial charge is 0.444 e. The number of amides is 1. The lowest BCUT2D eigenvalue weighted by molar-refractivity contribution is 0.0139. The molecule has 0 aliphatic carbocycles. The first-order chi connectivity index (χ1) is 12.8. The number of piperidine rings is 1. The van der Waals surface area contributed by atoms with Crippen molar-refractivity contribution in [3.05, 3.63) is 28.8 Å². The molecule has 150 valence electrons. The number of benzene rings is 1. The zero-order valence-electron chi connectivity index (χ0n) is 16.8. The fraction of sp³-hybridized carbons (Fsp3) is 0.667. The second-order valence-electron chi connectivity index (χ2n) is 8.61. The third-order valence-corrected chi connectivity index (χ3v) is 5.31. The number of hydrogen-bond acceptors (Lipinski definition) is 4. The Morgan fingerprint density at radius 1 is 1.00 bits per heavy atom. The topological polar surface area (TPSA) is 36.0 Å². The molecule has 2 aliphatic heterocycles. The molecule has 6 heteroatoms. The van der Waals surface area contributed by atoms with Gasteiger partial charge in [-0.1, -0.05) is 11.6 Å². The molecular formula is C21H32ClN3O2. The van der Waals surface area contributed by atoms with E-state index in [4.69, 9.17) is 16.3 Å². The number of piperazine rings is 1. The highest BCUT2D eigenvalue weighted by atomic mass is 35.5. The van der Waals surface area contributed by atoms with Gasteiger partial charge in [0.05, 0.1) is 0 Å². The SMILES string of the molecule is CC(C)(C)OC(=O)N1CCN(Cc2cc(Cl)cc(N3CCCCC3)c2)CC1. The summed E-state index contributed by atoms with van der Waals surface area (Å²) < 4.78 is 5.47. The van der Waals surface area contributed by atoms with Gasteiger partial charge in [0.15, 0.2) is 0 Å². The number of carbonyl (C=O) groups is 1. The molecule has 1 aromatic rings. The van der Waals surface area contributed by atoms with Crippen LogP contribution in [0.1, 0.15) is 45.6 Å². The average Bonchev–Trinajstić information content (AvgIpc) is 2.61. The Kier molecular flexibility index (Phi) is 6.53. The fourth-order valence-electron chi connectivity index (χ4n) is 3.73. The monoisotopic (exact) mass is 393 g/mol. The van der Waals surface area contributed by atoms with E-state index in [0.29, 0.717) is 13.1 Å². The van der Waals surface area contributed by atoms with Crippen LogP contribution in [0.25, 0.3) is 0 Å². The van der Waals surface area contributed by atoms with Gasteiger partial charge in [-0.25, -0.2) is 4.79 Å². The first-order valence-corrected chi connectivity index (χ1v) is 10.4. The summed E-state index contributed by atoms with van der Waals surface area (Å²) in [5.41, 5.74) is 2.04. The van der Waals surface area contributed by atoms with Crippen molar-refractivity contribution in [1.29, 1.82) is 0 Å². The minimum absolute atomic E-state index is 0.211. The maximum absolute atomic E-state index is 12.2. The zero-order valence-corrected chi connectivity index (χ0v) is 17.6. The standard InChI is InChI=1S/C21H32ClN3O2/c1-21(2,3)27-20(26)25-11-9-23(10-12-25)16-17-13-18(22)15-19(14-17)24-7-5-4-6-8-24/h13-15H,4-12,16H2,1-3H3. The van der Waals surface area contributed by atoms with E-state index in [9.17, 15) is 4.79 Å². The van der Waals surface area contributed by atoms with Crippen LogP contribution in [0.2, 0.25) is 5.02 Å². The quantitative estimate of drug-likeness (QED) is 0.763. The molecule has 2 fully saturated rings. The van der Waals surface area contributed by atoms with E-state index in [1.165, 1.54) is 30.5 Å².